The number of hydrogen-bond acceptors (Lipinski definition) is 1. The van der Waals surface area contributed by atoms with E-state index in [9.17, 15) is 0 Å². The molecule has 0 amide bonds. The second-order valence-corrected chi connectivity index (χ2v) is 10.3. The van der Waals surface area contributed by atoms with Gasteiger partial charge in [-0.15, -0.1) is 0 Å². The Labute approximate surface area is 158 Å². The van der Waals surface area contributed by atoms with Gasteiger partial charge < -0.3 is 5.32 Å². The highest BCUT2D eigenvalue weighted by Crippen LogP contribution is 2.66. The Bertz CT molecular complexity index is 773. The van der Waals surface area contributed by atoms with Gasteiger partial charge in [-0.2, -0.15) is 0 Å². The first-order valence-electron chi connectivity index (χ1n) is 10.3. The highest BCUT2D eigenvalue weighted by molar-refractivity contribution is 5.63. The fraction of sp³-hybridized carbons (Fsp3) is 0.520. The van der Waals surface area contributed by atoms with Crippen LogP contribution in [-0.4, -0.2) is 5.54 Å². The van der Waals surface area contributed by atoms with Crippen molar-refractivity contribution in [3.8, 4) is 11.1 Å². The molecule has 0 aromatic heterocycles. The van der Waals surface area contributed by atoms with Crippen molar-refractivity contribution in [3.63, 3.8) is 0 Å². The summed E-state index contributed by atoms with van der Waals surface area (Å²) in [5, 5.41) is 4.05. The first-order chi connectivity index (χ1) is 12.5. The Balaban J connectivity index is 1.31. The maximum atomic E-state index is 4.05. The summed E-state index contributed by atoms with van der Waals surface area (Å²) in [5.74, 6) is 0.953. The molecule has 2 aromatic rings. The lowest BCUT2D eigenvalue weighted by molar-refractivity contribution is -0.118. The van der Waals surface area contributed by atoms with E-state index in [4.69, 9.17) is 0 Å². The van der Waals surface area contributed by atoms with Gasteiger partial charge in [-0.05, 0) is 72.0 Å². The third-order valence-electron chi connectivity index (χ3n) is 7.35. The van der Waals surface area contributed by atoms with Crippen molar-refractivity contribution in [1.29, 1.82) is 0 Å². The molecule has 26 heavy (non-hydrogen) atoms. The predicted octanol–water partition coefficient (Wildman–Crippen LogP) is 6.19. The summed E-state index contributed by atoms with van der Waals surface area (Å²) in [6.45, 7) is 6.12. The van der Waals surface area contributed by atoms with Gasteiger partial charge in [0, 0.05) is 12.1 Å². The number of hydrogen-bond donors (Lipinski definition) is 1. The van der Waals surface area contributed by atoms with Crippen LogP contribution in [0, 0.1) is 16.7 Å². The zero-order valence-electron chi connectivity index (χ0n) is 16.2. The first kappa shape index (κ1) is 16.6. The van der Waals surface area contributed by atoms with Gasteiger partial charge in [0.15, 0.2) is 0 Å². The van der Waals surface area contributed by atoms with Crippen LogP contribution in [0.5, 0.6) is 0 Å². The summed E-state index contributed by atoms with van der Waals surface area (Å²) in [6.07, 6.45) is 8.56. The van der Waals surface area contributed by atoms with Crippen LogP contribution in [0.2, 0.25) is 0 Å². The normalized spacial score (nSPS) is 37.8. The lowest BCUT2D eigenvalue weighted by Gasteiger charge is -2.65. The van der Waals surface area contributed by atoms with Crippen molar-refractivity contribution >= 4 is 0 Å². The molecule has 2 atom stereocenters. The van der Waals surface area contributed by atoms with Crippen LogP contribution in [0.3, 0.4) is 0 Å². The third kappa shape index (κ3) is 2.91. The van der Waals surface area contributed by atoms with E-state index in [0.717, 1.165) is 12.5 Å². The molecule has 1 N–H and O–H groups in total. The molecule has 2 unspecified atom stereocenters. The van der Waals surface area contributed by atoms with Crippen molar-refractivity contribution in [2.75, 3.05) is 0 Å². The van der Waals surface area contributed by atoms with Gasteiger partial charge >= 0.3 is 0 Å². The van der Waals surface area contributed by atoms with E-state index in [1.54, 1.807) is 0 Å². The van der Waals surface area contributed by atoms with Gasteiger partial charge in [0.1, 0.15) is 0 Å². The molecule has 0 spiro atoms. The first-order valence-corrected chi connectivity index (χ1v) is 10.3. The standard InChI is InChI=1S/C25H31N/c1-23-12-20-13-24(2,16-23)18-25(14-20,17-23)26-15-19-8-10-22(11-9-19)21-6-4-3-5-7-21/h3-11,20,26H,12-18H2,1-2H3. The van der Waals surface area contributed by atoms with E-state index in [1.807, 2.05) is 0 Å². The molecule has 6 rings (SSSR count). The van der Waals surface area contributed by atoms with Gasteiger partial charge in [0.05, 0.1) is 0 Å². The zero-order chi connectivity index (χ0) is 17.8. The smallest absolute Gasteiger partial charge is 0.0210 e. The molecule has 4 aliphatic rings. The summed E-state index contributed by atoms with van der Waals surface area (Å²) >= 11 is 0. The van der Waals surface area contributed by atoms with E-state index in [1.165, 1.54) is 55.2 Å². The van der Waals surface area contributed by atoms with E-state index in [-0.39, 0.29) is 0 Å². The summed E-state index contributed by atoms with van der Waals surface area (Å²) in [4.78, 5) is 0. The third-order valence-corrected chi connectivity index (χ3v) is 7.35. The van der Waals surface area contributed by atoms with E-state index in [2.05, 4.69) is 73.8 Å². The highest BCUT2D eigenvalue weighted by atomic mass is 15.0. The van der Waals surface area contributed by atoms with Crippen molar-refractivity contribution < 1.29 is 0 Å². The van der Waals surface area contributed by atoms with Gasteiger partial charge in [-0.25, -0.2) is 0 Å². The molecular weight excluding hydrogens is 314 g/mol. The maximum Gasteiger partial charge on any atom is 0.0210 e. The van der Waals surface area contributed by atoms with Crippen LogP contribution in [-0.2, 0) is 6.54 Å². The second kappa shape index (κ2) is 5.70. The molecule has 1 nitrogen and oxygen atoms in total. The van der Waals surface area contributed by atoms with Crippen LogP contribution in [0.4, 0.5) is 0 Å². The van der Waals surface area contributed by atoms with Gasteiger partial charge in [0.2, 0.25) is 0 Å². The minimum Gasteiger partial charge on any atom is -0.307 e. The molecule has 0 heterocycles. The summed E-state index contributed by atoms with van der Waals surface area (Å²) in [7, 11) is 0. The number of nitrogens with one attached hydrogen (secondary N) is 1. The maximum absolute atomic E-state index is 4.05. The molecule has 2 aromatic carbocycles. The van der Waals surface area contributed by atoms with Gasteiger partial charge in [0.25, 0.3) is 0 Å². The largest absolute Gasteiger partial charge is 0.307 e. The van der Waals surface area contributed by atoms with Crippen LogP contribution in [0.1, 0.15) is 57.9 Å². The van der Waals surface area contributed by atoms with Crippen molar-refractivity contribution in [2.24, 2.45) is 16.7 Å². The van der Waals surface area contributed by atoms with Crippen LogP contribution >= 0.6 is 0 Å². The molecule has 4 fully saturated rings. The molecule has 0 saturated heterocycles. The quantitative estimate of drug-likeness (QED) is 0.696. The van der Waals surface area contributed by atoms with Crippen molar-refractivity contribution in [1.82, 2.24) is 5.32 Å². The molecule has 0 aliphatic heterocycles. The molecule has 4 saturated carbocycles. The summed E-state index contributed by atoms with van der Waals surface area (Å²) < 4.78 is 0. The predicted molar refractivity (Wildman–Crippen MR) is 109 cm³/mol. The highest BCUT2D eigenvalue weighted by Gasteiger charge is 2.59. The summed E-state index contributed by atoms with van der Waals surface area (Å²) in [5.41, 5.74) is 5.58. The average Bonchev–Trinajstić information content (AvgIpc) is 2.58. The average molecular weight is 346 g/mol. The second-order valence-electron chi connectivity index (χ2n) is 10.3. The monoisotopic (exact) mass is 345 g/mol. The van der Waals surface area contributed by atoms with Crippen molar-refractivity contribution in [2.45, 2.75) is 64.5 Å². The van der Waals surface area contributed by atoms with Crippen LogP contribution in [0.15, 0.2) is 54.6 Å². The van der Waals surface area contributed by atoms with Gasteiger partial charge in [-0.3, -0.25) is 0 Å². The zero-order valence-corrected chi connectivity index (χ0v) is 16.2. The molecule has 4 bridgehead atoms. The molecular formula is C25H31N. The Morgan fingerprint density at radius 2 is 1.38 bits per heavy atom. The van der Waals surface area contributed by atoms with E-state index < -0.39 is 0 Å². The topological polar surface area (TPSA) is 12.0 Å². The van der Waals surface area contributed by atoms with E-state index in [0.29, 0.717) is 16.4 Å². The lowest BCUT2D eigenvalue weighted by atomic mass is 9.43. The Hall–Kier alpha value is -1.60. The lowest BCUT2D eigenvalue weighted by Crippen LogP contribution is -2.63. The molecule has 0 radical (unpaired) electrons. The fourth-order valence-corrected chi connectivity index (χ4v) is 7.38. The Morgan fingerprint density at radius 3 is 2.00 bits per heavy atom. The minimum atomic E-state index is 0.390. The van der Waals surface area contributed by atoms with Crippen LogP contribution < -0.4 is 5.32 Å². The van der Waals surface area contributed by atoms with Crippen LogP contribution in [0.25, 0.3) is 11.1 Å². The molecule has 4 aliphatic carbocycles. The SMILES string of the molecule is CC12CC3CC(C)(C1)CC(NCc1ccc(-c4ccccc4)cc1)(C3)C2. The molecule has 1 heteroatoms. The summed E-state index contributed by atoms with van der Waals surface area (Å²) in [6, 6.07) is 19.8. The Kier molecular flexibility index (Phi) is 3.63. The number of benzene rings is 2. The number of rotatable bonds is 4. The molecule has 136 valence electrons. The fourth-order valence-electron chi connectivity index (χ4n) is 7.38. The van der Waals surface area contributed by atoms with E-state index >= 15 is 0 Å². The van der Waals surface area contributed by atoms with Crippen molar-refractivity contribution in [3.05, 3.63) is 60.2 Å². The Morgan fingerprint density at radius 1 is 0.769 bits per heavy atom. The van der Waals surface area contributed by atoms with Gasteiger partial charge in [-0.1, -0.05) is 68.4 Å². The minimum absolute atomic E-state index is 0.390.